The van der Waals surface area contributed by atoms with Crippen molar-refractivity contribution in [3.05, 3.63) is 65.9 Å². The number of carbonyl (C=O) groups excluding carboxylic acids is 1. The molecule has 9 heteroatoms. The summed E-state index contributed by atoms with van der Waals surface area (Å²) in [4.78, 5) is 12.5. The van der Waals surface area contributed by atoms with Gasteiger partial charge >= 0.3 is 0 Å². The van der Waals surface area contributed by atoms with E-state index in [1.54, 1.807) is 13.8 Å². The summed E-state index contributed by atoms with van der Waals surface area (Å²) < 4.78 is 37.7. The molecule has 3 rings (SSSR count). The Bertz CT molecular complexity index is 1140. The summed E-state index contributed by atoms with van der Waals surface area (Å²) in [6, 6.07) is 14.9. The Hall–Kier alpha value is -3.33. The van der Waals surface area contributed by atoms with Crippen LogP contribution in [0.5, 0.6) is 5.75 Å². The molecule has 0 aliphatic rings. The number of benzene rings is 2. The second-order valence-electron chi connectivity index (χ2n) is 7.43. The fourth-order valence-corrected chi connectivity index (χ4v) is 3.75. The van der Waals surface area contributed by atoms with Gasteiger partial charge in [0, 0.05) is 11.8 Å². The second kappa shape index (κ2) is 9.22. The third-order valence-electron chi connectivity index (χ3n) is 4.53. The highest BCUT2D eigenvalue weighted by atomic mass is 32.2. The van der Waals surface area contributed by atoms with Crippen LogP contribution in [0, 0.1) is 6.92 Å². The van der Waals surface area contributed by atoms with E-state index in [1.807, 2.05) is 24.3 Å². The van der Waals surface area contributed by atoms with Crippen LogP contribution in [0.15, 0.2) is 64.0 Å². The highest BCUT2D eigenvalue weighted by Gasteiger charge is 2.18. The molecule has 164 valence electrons. The molecule has 8 nitrogen and oxygen atoms in total. The molecule has 0 radical (unpaired) electrons. The van der Waals surface area contributed by atoms with Gasteiger partial charge < -0.3 is 14.6 Å². The number of sulfonamides is 1. The summed E-state index contributed by atoms with van der Waals surface area (Å²) in [7, 11) is -3.82. The van der Waals surface area contributed by atoms with Crippen molar-refractivity contribution >= 4 is 27.4 Å². The molecular formula is C22H25N3O5S. The number of aromatic nitrogens is 1. The van der Waals surface area contributed by atoms with E-state index in [4.69, 9.17) is 9.26 Å². The molecule has 2 aromatic carbocycles. The first-order chi connectivity index (χ1) is 14.6. The van der Waals surface area contributed by atoms with Gasteiger partial charge in [-0.3, -0.25) is 9.52 Å². The standard InChI is InChI=1S/C22H25N3O5S/c1-14(2)17-5-9-19(10-6-17)29-16(4)22(26)23-18-7-11-20(12-8-18)31(27,28)25-21-13-15(3)30-24-21/h5-14,16H,1-4H3,(H,23,26)(H,24,25)/t16-/m1/s1. The minimum absolute atomic E-state index is 0.0284. The molecule has 0 fully saturated rings. The first-order valence-electron chi connectivity index (χ1n) is 9.78. The predicted octanol–water partition coefficient (Wildman–Crippen LogP) is 4.31. The fraction of sp³-hybridized carbons (Fsp3) is 0.273. The van der Waals surface area contributed by atoms with Crippen LogP contribution in [0.25, 0.3) is 0 Å². The van der Waals surface area contributed by atoms with Crippen molar-refractivity contribution in [3.8, 4) is 5.75 Å². The van der Waals surface area contributed by atoms with Crippen LogP contribution in [-0.4, -0.2) is 25.6 Å². The Balaban J connectivity index is 1.60. The number of hydrogen-bond acceptors (Lipinski definition) is 6. The van der Waals surface area contributed by atoms with Gasteiger partial charge in [-0.2, -0.15) is 0 Å². The Morgan fingerprint density at radius 3 is 2.23 bits per heavy atom. The molecule has 0 aliphatic carbocycles. The summed E-state index contributed by atoms with van der Waals surface area (Å²) in [6.07, 6.45) is -0.731. The van der Waals surface area contributed by atoms with Crippen LogP contribution >= 0.6 is 0 Å². The third-order valence-corrected chi connectivity index (χ3v) is 5.90. The molecule has 0 unspecified atom stereocenters. The van der Waals surface area contributed by atoms with Crippen molar-refractivity contribution < 1.29 is 22.5 Å². The van der Waals surface area contributed by atoms with Gasteiger partial charge in [-0.15, -0.1) is 0 Å². The minimum Gasteiger partial charge on any atom is -0.481 e. The average molecular weight is 444 g/mol. The number of aryl methyl sites for hydroxylation is 1. The van der Waals surface area contributed by atoms with E-state index >= 15 is 0 Å². The zero-order valence-electron chi connectivity index (χ0n) is 17.7. The molecule has 0 bridgehead atoms. The molecule has 0 saturated heterocycles. The van der Waals surface area contributed by atoms with Crippen LogP contribution in [-0.2, 0) is 14.8 Å². The lowest BCUT2D eigenvalue weighted by Gasteiger charge is -2.15. The number of nitrogens with one attached hydrogen (secondary N) is 2. The Morgan fingerprint density at radius 1 is 1.03 bits per heavy atom. The van der Waals surface area contributed by atoms with Crippen LogP contribution in [0.2, 0.25) is 0 Å². The first kappa shape index (κ1) is 22.4. The van der Waals surface area contributed by atoms with Crippen molar-refractivity contribution in [1.29, 1.82) is 0 Å². The Kier molecular flexibility index (Phi) is 6.65. The molecule has 0 aliphatic heterocycles. The van der Waals surface area contributed by atoms with Crippen molar-refractivity contribution in [3.63, 3.8) is 0 Å². The summed E-state index contributed by atoms with van der Waals surface area (Å²) in [5, 5.41) is 6.33. The third kappa shape index (κ3) is 5.85. The number of hydrogen-bond donors (Lipinski definition) is 2. The van der Waals surface area contributed by atoms with E-state index < -0.39 is 16.1 Å². The van der Waals surface area contributed by atoms with Gasteiger partial charge in [0.15, 0.2) is 11.9 Å². The van der Waals surface area contributed by atoms with Gasteiger partial charge in [0.1, 0.15) is 11.5 Å². The second-order valence-corrected chi connectivity index (χ2v) is 9.11. The average Bonchev–Trinajstić information content (AvgIpc) is 3.12. The van der Waals surface area contributed by atoms with Gasteiger partial charge in [-0.1, -0.05) is 31.1 Å². The van der Waals surface area contributed by atoms with Crippen molar-refractivity contribution in [2.24, 2.45) is 0 Å². The lowest BCUT2D eigenvalue weighted by Crippen LogP contribution is -2.30. The normalized spacial score (nSPS) is 12.4. The maximum absolute atomic E-state index is 12.4. The lowest BCUT2D eigenvalue weighted by molar-refractivity contribution is -0.122. The lowest BCUT2D eigenvalue weighted by atomic mass is 10.0. The van der Waals surface area contributed by atoms with Crippen LogP contribution in [0.4, 0.5) is 11.5 Å². The minimum atomic E-state index is -3.82. The van der Waals surface area contributed by atoms with Gasteiger partial charge in [-0.25, -0.2) is 8.42 Å². The fourth-order valence-electron chi connectivity index (χ4n) is 2.76. The summed E-state index contributed by atoms with van der Waals surface area (Å²) >= 11 is 0. The Morgan fingerprint density at radius 2 is 1.68 bits per heavy atom. The first-order valence-corrected chi connectivity index (χ1v) is 11.3. The van der Waals surface area contributed by atoms with E-state index in [0.29, 0.717) is 23.1 Å². The molecule has 1 heterocycles. The highest BCUT2D eigenvalue weighted by molar-refractivity contribution is 7.92. The van der Waals surface area contributed by atoms with E-state index in [-0.39, 0.29) is 16.6 Å². The van der Waals surface area contributed by atoms with E-state index in [0.717, 1.165) is 0 Å². The number of anilines is 2. The van der Waals surface area contributed by atoms with Gasteiger partial charge in [0.25, 0.3) is 15.9 Å². The Labute approximate surface area is 181 Å². The highest BCUT2D eigenvalue weighted by Crippen LogP contribution is 2.21. The number of nitrogens with zero attached hydrogens (tertiary/aromatic N) is 1. The van der Waals surface area contributed by atoms with E-state index in [1.165, 1.54) is 35.9 Å². The molecule has 31 heavy (non-hydrogen) atoms. The zero-order chi connectivity index (χ0) is 22.6. The van der Waals surface area contributed by atoms with Gasteiger partial charge in [-0.05, 0) is 61.7 Å². The largest absolute Gasteiger partial charge is 0.481 e. The molecule has 0 spiro atoms. The van der Waals surface area contributed by atoms with Crippen LogP contribution in [0.3, 0.4) is 0 Å². The molecule has 1 atom stereocenters. The van der Waals surface area contributed by atoms with Crippen LogP contribution < -0.4 is 14.8 Å². The SMILES string of the molecule is Cc1cc(NS(=O)(=O)c2ccc(NC(=O)[C@@H](C)Oc3ccc(C(C)C)cc3)cc2)no1. The topological polar surface area (TPSA) is 111 Å². The number of carbonyl (C=O) groups is 1. The summed E-state index contributed by atoms with van der Waals surface area (Å²) in [5.74, 6) is 1.25. The molecular weight excluding hydrogens is 418 g/mol. The summed E-state index contributed by atoms with van der Waals surface area (Å²) in [5.41, 5.74) is 1.64. The predicted molar refractivity (Wildman–Crippen MR) is 118 cm³/mol. The summed E-state index contributed by atoms with van der Waals surface area (Å²) in [6.45, 7) is 7.52. The molecule has 1 aromatic heterocycles. The molecule has 0 saturated carbocycles. The molecule has 2 N–H and O–H groups in total. The van der Waals surface area contributed by atoms with Crippen molar-refractivity contribution in [1.82, 2.24) is 5.16 Å². The molecule has 1 amide bonds. The van der Waals surface area contributed by atoms with Gasteiger partial charge in [0.05, 0.1) is 4.90 Å². The van der Waals surface area contributed by atoms with Crippen molar-refractivity contribution in [2.75, 3.05) is 10.0 Å². The maximum Gasteiger partial charge on any atom is 0.265 e. The zero-order valence-corrected chi connectivity index (χ0v) is 18.6. The number of rotatable bonds is 8. The quantitative estimate of drug-likeness (QED) is 0.537. The number of amides is 1. The van der Waals surface area contributed by atoms with Gasteiger partial charge in [0.2, 0.25) is 0 Å². The van der Waals surface area contributed by atoms with Crippen LogP contribution in [0.1, 0.15) is 38.0 Å². The maximum atomic E-state index is 12.4. The van der Waals surface area contributed by atoms with E-state index in [2.05, 4.69) is 29.0 Å². The monoisotopic (exact) mass is 443 g/mol. The molecule has 3 aromatic rings. The van der Waals surface area contributed by atoms with Crippen molar-refractivity contribution in [2.45, 2.75) is 44.6 Å². The number of ether oxygens (including phenoxy) is 1. The smallest absolute Gasteiger partial charge is 0.265 e. The van der Waals surface area contributed by atoms with E-state index in [9.17, 15) is 13.2 Å².